The number of carbonyl (C=O) groups is 1. The topological polar surface area (TPSA) is 69.6 Å². The average Bonchev–Trinajstić information content (AvgIpc) is 2.65. The second kappa shape index (κ2) is 7.96. The maximum Gasteiger partial charge on any atom is 0.339 e. The fraction of sp³-hybridized carbons (Fsp3) is 0.0500. The number of aromatic carboxylic acids is 1. The molecule has 0 radical (unpaired) electrons. The van der Waals surface area contributed by atoms with Crippen LogP contribution in [0.25, 0.3) is 0 Å². The Labute approximate surface area is 164 Å². The molecule has 28 heavy (non-hydrogen) atoms. The third kappa shape index (κ3) is 4.30. The van der Waals surface area contributed by atoms with Crippen molar-refractivity contribution >= 4 is 41.2 Å². The quantitative estimate of drug-likeness (QED) is 0.387. The van der Waals surface area contributed by atoms with E-state index in [4.69, 9.17) is 10.2 Å². The second-order valence-corrected chi connectivity index (χ2v) is 8.00. The number of aromatic hydroxyl groups is 1. The van der Waals surface area contributed by atoms with Gasteiger partial charge in [-0.05, 0) is 12.1 Å². The molecular formula is C20H14F3NO3Se. The summed E-state index contributed by atoms with van der Waals surface area (Å²) in [7, 11) is 0. The van der Waals surface area contributed by atoms with Crippen molar-refractivity contribution in [1.82, 2.24) is 0 Å². The Morgan fingerprint density at radius 3 is 2.18 bits per heavy atom. The number of phenols is 1. The summed E-state index contributed by atoms with van der Waals surface area (Å²) in [5.74, 6) is -1.31. The smallest absolute Gasteiger partial charge is 0.339 e. The molecule has 1 heterocycles. The number of alkyl halides is 3. The first-order valence-corrected chi connectivity index (χ1v) is 9.74. The van der Waals surface area contributed by atoms with Crippen LogP contribution in [0.15, 0.2) is 66.7 Å². The van der Waals surface area contributed by atoms with Crippen molar-refractivity contribution in [2.24, 2.45) is 0 Å². The van der Waals surface area contributed by atoms with E-state index in [1.165, 1.54) is 18.2 Å². The number of rotatable bonds is 1. The Hall–Kier alpha value is -2.96. The van der Waals surface area contributed by atoms with Crippen LogP contribution in [-0.2, 0) is 6.18 Å². The van der Waals surface area contributed by atoms with Gasteiger partial charge in [-0.1, -0.05) is 12.1 Å². The molecule has 0 bridgehead atoms. The summed E-state index contributed by atoms with van der Waals surface area (Å²) >= 11 is -0.0849. The first kappa shape index (κ1) is 19.8. The van der Waals surface area contributed by atoms with Crippen LogP contribution < -0.4 is 14.2 Å². The summed E-state index contributed by atoms with van der Waals surface area (Å²) in [6, 6.07) is 17.6. The van der Waals surface area contributed by atoms with E-state index < -0.39 is 17.7 Å². The molecule has 3 aromatic rings. The van der Waals surface area contributed by atoms with Crippen molar-refractivity contribution in [3.8, 4) is 5.75 Å². The van der Waals surface area contributed by atoms with Gasteiger partial charge in [-0.3, -0.25) is 0 Å². The number of halogens is 3. The van der Waals surface area contributed by atoms with Gasteiger partial charge in [0, 0.05) is 0 Å². The Bertz CT molecular complexity index is 1020. The molecule has 0 amide bonds. The number of hydrogen-bond acceptors (Lipinski definition) is 3. The molecule has 0 unspecified atom stereocenters. The number of hydrogen-bond donors (Lipinski definition) is 3. The molecule has 4 nitrogen and oxygen atoms in total. The van der Waals surface area contributed by atoms with Gasteiger partial charge in [0.25, 0.3) is 0 Å². The maximum absolute atomic E-state index is 12.9. The van der Waals surface area contributed by atoms with Crippen LogP contribution in [0.2, 0.25) is 0 Å². The first-order valence-electron chi connectivity index (χ1n) is 8.03. The number of benzene rings is 3. The van der Waals surface area contributed by atoms with Crippen molar-refractivity contribution in [1.29, 1.82) is 0 Å². The van der Waals surface area contributed by atoms with E-state index in [0.717, 1.165) is 20.7 Å². The van der Waals surface area contributed by atoms with Gasteiger partial charge < -0.3 is 10.2 Å². The molecule has 3 aromatic carbocycles. The normalized spacial score (nSPS) is 12.0. The molecule has 0 atom stereocenters. The van der Waals surface area contributed by atoms with Crippen molar-refractivity contribution < 1.29 is 28.2 Å². The largest absolute Gasteiger partial charge is 0.507 e. The SMILES string of the molecule is FC(F)(F)c1cccc2c1Nc1ccccc1[Se]2.O=C(O)c1ccccc1O. The number of carboxylic acid groups (broad SMARTS) is 1. The molecular weight excluding hydrogens is 438 g/mol. The van der Waals surface area contributed by atoms with Crippen LogP contribution in [0, 0.1) is 0 Å². The first-order chi connectivity index (χ1) is 13.3. The summed E-state index contributed by atoms with van der Waals surface area (Å²) < 4.78 is 40.6. The van der Waals surface area contributed by atoms with Gasteiger partial charge in [-0.2, -0.15) is 0 Å². The minimum absolute atomic E-state index is 0.0671. The van der Waals surface area contributed by atoms with Crippen molar-refractivity contribution in [2.45, 2.75) is 6.18 Å². The molecule has 0 spiro atoms. The van der Waals surface area contributed by atoms with Crippen molar-refractivity contribution in [3.05, 3.63) is 77.9 Å². The van der Waals surface area contributed by atoms with Crippen molar-refractivity contribution in [3.63, 3.8) is 0 Å². The van der Waals surface area contributed by atoms with Crippen LogP contribution in [0.1, 0.15) is 15.9 Å². The fourth-order valence-corrected chi connectivity index (χ4v) is 4.69. The zero-order valence-corrected chi connectivity index (χ0v) is 15.9. The molecule has 0 saturated carbocycles. The number of para-hydroxylation sites is 3. The summed E-state index contributed by atoms with van der Waals surface area (Å²) in [4.78, 5) is 10.3. The van der Waals surface area contributed by atoms with Crippen LogP contribution in [0.5, 0.6) is 5.75 Å². The van der Waals surface area contributed by atoms with Crippen LogP contribution in [0.4, 0.5) is 24.5 Å². The minimum atomic E-state index is -4.32. The summed E-state index contributed by atoms with van der Waals surface area (Å²) in [6.45, 7) is 0. The molecule has 0 saturated heterocycles. The fourth-order valence-electron chi connectivity index (χ4n) is 2.55. The molecule has 0 aromatic heterocycles. The van der Waals surface area contributed by atoms with E-state index in [1.54, 1.807) is 18.2 Å². The molecule has 4 rings (SSSR count). The molecule has 1 aliphatic heterocycles. The molecule has 0 aliphatic carbocycles. The molecule has 0 fully saturated rings. The monoisotopic (exact) mass is 453 g/mol. The number of carboxylic acids is 1. The average molecular weight is 452 g/mol. The minimum Gasteiger partial charge on any atom is -0.507 e. The predicted octanol–water partition coefficient (Wildman–Crippen LogP) is 3.51. The maximum atomic E-state index is 12.9. The van der Waals surface area contributed by atoms with Crippen LogP contribution >= 0.6 is 0 Å². The van der Waals surface area contributed by atoms with E-state index in [-0.39, 0.29) is 32.0 Å². The second-order valence-electron chi connectivity index (χ2n) is 5.72. The molecule has 8 heteroatoms. The predicted molar refractivity (Wildman–Crippen MR) is 101 cm³/mol. The molecule has 1 aliphatic rings. The third-order valence-corrected chi connectivity index (χ3v) is 6.22. The summed E-state index contributed by atoms with van der Waals surface area (Å²) in [5, 5.41) is 20.2. The number of fused-ring (bicyclic) bond motifs is 2. The van der Waals surface area contributed by atoms with Gasteiger partial charge in [-0.25, -0.2) is 4.79 Å². The number of nitrogens with one attached hydrogen (secondary N) is 1. The van der Waals surface area contributed by atoms with Gasteiger partial charge >= 0.3 is 114 Å². The summed E-state index contributed by atoms with van der Waals surface area (Å²) in [5.41, 5.74) is 0.337. The Morgan fingerprint density at radius 1 is 0.893 bits per heavy atom. The van der Waals surface area contributed by atoms with Gasteiger partial charge in [0.15, 0.2) is 0 Å². The van der Waals surface area contributed by atoms with Crippen LogP contribution in [0.3, 0.4) is 0 Å². The van der Waals surface area contributed by atoms with Gasteiger partial charge in [0.05, 0.1) is 0 Å². The van der Waals surface area contributed by atoms with E-state index in [0.29, 0.717) is 0 Å². The zero-order chi connectivity index (χ0) is 20.3. The van der Waals surface area contributed by atoms with E-state index >= 15 is 0 Å². The molecule has 144 valence electrons. The number of anilines is 2. The standard InChI is InChI=1S/C13H8F3NSe.C7H6O3/c14-13(15,16)8-4-3-7-11-12(8)17-9-5-1-2-6-10(9)18-11;8-6-4-2-1-3-5(6)7(9)10/h1-7,17H;1-4,8H,(H,9,10). The molecule has 3 N–H and O–H groups in total. The Morgan fingerprint density at radius 2 is 1.54 bits per heavy atom. The van der Waals surface area contributed by atoms with E-state index in [9.17, 15) is 18.0 Å². The van der Waals surface area contributed by atoms with Crippen molar-refractivity contribution in [2.75, 3.05) is 5.32 Å². The third-order valence-electron chi connectivity index (χ3n) is 3.83. The van der Waals surface area contributed by atoms with Gasteiger partial charge in [-0.15, -0.1) is 0 Å². The van der Waals surface area contributed by atoms with E-state index in [2.05, 4.69) is 5.32 Å². The van der Waals surface area contributed by atoms with E-state index in [1.807, 2.05) is 24.3 Å². The zero-order valence-electron chi connectivity index (χ0n) is 14.2. The Balaban J connectivity index is 0.000000192. The van der Waals surface area contributed by atoms with Gasteiger partial charge in [0.2, 0.25) is 0 Å². The van der Waals surface area contributed by atoms with Crippen LogP contribution in [-0.4, -0.2) is 31.1 Å². The summed E-state index contributed by atoms with van der Waals surface area (Å²) in [6.07, 6.45) is -4.32. The van der Waals surface area contributed by atoms with Gasteiger partial charge in [0.1, 0.15) is 11.3 Å². The Kier molecular flexibility index (Phi) is 5.63.